The van der Waals surface area contributed by atoms with Crippen LogP contribution >= 0.6 is 0 Å². The lowest BCUT2D eigenvalue weighted by molar-refractivity contribution is -0.130. The van der Waals surface area contributed by atoms with Gasteiger partial charge in [-0.15, -0.1) is 5.10 Å². The number of aryl methyl sites for hydroxylation is 1. The predicted octanol–water partition coefficient (Wildman–Crippen LogP) is -0.237. The number of anilines is 1. The number of nitrogens with zero attached hydrogens (tertiary/aromatic N) is 4. The van der Waals surface area contributed by atoms with E-state index in [2.05, 4.69) is 19.8 Å². The summed E-state index contributed by atoms with van der Waals surface area (Å²) in [6.45, 7) is 4.83. The van der Waals surface area contributed by atoms with Gasteiger partial charge < -0.3 is 9.80 Å². The summed E-state index contributed by atoms with van der Waals surface area (Å²) in [4.78, 5) is 16.1. The first-order chi connectivity index (χ1) is 10.8. The van der Waals surface area contributed by atoms with Gasteiger partial charge in [-0.05, 0) is 25.5 Å². The maximum atomic E-state index is 12.2. The average Bonchev–Trinajstić information content (AvgIpc) is 2.72. The molecule has 23 heavy (non-hydrogen) atoms. The van der Waals surface area contributed by atoms with Crippen molar-refractivity contribution in [2.24, 2.45) is 0 Å². The van der Waals surface area contributed by atoms with Crippen LogP contribution in [0.2, 0.25) is 0 Å². The molecule has 0 unspecified atom stereocenters. The highest BCUT2D eigenvalue weighted by atomic mass is 32.2. The number of rotatable bonds is 5. The molecule has 0 spiro atoms. The number of hydrogen-bond donors (Lipinski definition) is 1. The van der Waals surface area contributed by atoms with Crippen LogP contribution in [0.1, 0.15) is 18.5 Å². The van der Waals surface area contributed by atoms with E-state index in [1.807, 2.05) is 19.1 Å². The standard InChI is InChI=1S/C14H23N5O3S/c1-12-4-5-13(17-16-12)18-8-3-9-19(11-10-18)14(20)6-7-15-23(2,21)22/h4-5,15H,3,6-11H2,1-2H3. The summed E-state index contributed by atoms with van der Waals surface area (Å²) in [5.41, 5.74) is 0.874. The number of sulfonamides is 1. The van der Waals surface area contributed by atoms with E-state index in [9.17, 15) is 13.2 Å². The van der Waals surface area contributed by atoms with Crippen molar-refractivity contribution in [3.05, 3.63) is 17.8 Å². The fraction of sp³-hybridized carbons (Fsp3) is 0.643. The lowest BCUT2D eigenvalue weighted by Crippen LogP contribution is -2.37. The molecule has 0 aliphatic carbocycles. The number of carbonyl (C=O) groups is 1. The molecule has 0 aromatic carbocycles. The predicted molar refractivity (Wildman–Crippen MR) is 87.6 cm³/mol. The van der Waals surface area contributed by atoms with E-state index in [0.717, 1.165) is 30.7 Å². The third-order valence-electron chi connectivity index (χ3n) is 3.66. The van der Waals surface area contributed by atoms with Crippen molar-refractivity contribution < 1.29 is 13.2 Å². The summed E-state index contributed by atoms with van der Waals surface area (Å²) < 4.78 is 24.4. The topological polar surface area (TPSA) is 95.5 Å². The number of carbonyl (C=O) groups excluding carboxylic acids is 1. The fourth-order valence-corrected chi connectivity index (χ4v) is 2.93. The Morgan fingerprint density at radius 3 is 2.65 bits per heavy atom. The van der Waals surface area contributed by atoms with Crippen molar-refractivity contribution >= 4 is 21.7 Å². The molecule has 0 radical (unpaired) electrons. The lowest BCUT2D eigenvalue weighted by Gasteiger charge is -2.22. The molecule has 128 valence electrons. The van der Waals surface area contributed by atoms with Crippen LogP contribution in [0.3, 0.4) is 0 Å². The quantitative estimate of drug-likeness (QED) is 0.794. The third-order valence-corrected chi connectivity index (χ3v) is 4.39. The molecule has 1 aliphatic heterocycles. The average molecular weight is 341 g/mol. The number of aromatic nitrogens is 2. The molecule has 1 N–H and O–H groups in total. The Hall–Kier alpha value is -1.74. The second kappa shape index (κ2) is 7.69. The Morgan fingerprint density at radius 2 is 2.00 bits per heavy atom. The van der Waals surface area contributed by atoms with Gasteiger partial charge in [0.05, 0.1) is 11.9 Å². The Bertz CT molecular complexity index is 632. The Kier molecular flexibility index (Phi) is 5.89. The highest BCUT2D eigenvalue weighted by Gasteiger charge is 2.20. The number of hydrogen-bond acceptors (Lipinski definition) is 6. The molecule has 1 aromatic heterocycles. The van der Waals surface area contributed by atoms with Gasteiger partial charge in [0.2, 0.25) is 15.9 Å². The maximum Gasteiger partial charge on any atom is 0.223 e. The molecule has 1 amide bonds. The van der Waals surface area contributed by atoms with Crippen molar-refractivity contribution in [1.82, 2.24) is 19.8 Å². The lowest BCUT2D eigenvalue weighted by atomic mass is 10.3. The van der Waals surface area contributed by atoms with Gasteiger partial charge in [-0.1, -0.05) is 0 Å². The molecular weight excluding hydrogens is 318 g/mol. The molecule has 0 atom stereocenters. The molecule has 9 heteroatoms. The molecular formula is C14H23N5O3S. The molecule has 1 aliphatic rings. The van der Waals surface area contributed by atoms with Crippen LogP contribution in [0.15, 0.2) is 12.1 Å². The molecule has 1 fully saturated rings. The number of amides is 1. The van der Waals surface area contributed by atoms with Crippen molar-refractivity contribution in [1.29, 1.82) is 0 Å². The van der Waals surface area contributed by atoms with E-state index in [-0.39, 0.29) is 18.9 Å². The molecule has 2 heterocycles. The van der Waals surface area contributed by atoms with Gasteiger partial charge in [0.15, 0.2) is 5.82 Å². The maximum absolute atomic E-state index is 12.2. The first-order valence-electron chi connectivity index (χ1n) is 7.63. The molecule has 0 saturated carbocycles. The third kappa shape index (κ3) is 5.76. The van der Waals surface area contributed by atoms with E-state index in [1.54, 1.807) is 4.90 Å². The van der Waals surface area contributed by atoms with E-state index in [0.29, 0.717) is 19.6 Å². The molecule has 2 rings (SSSR count). The fourth-order valence-electron chi connectivity index (χ4n) is 2.46. The van der Waals surface area contributed by atoms with E-state index >= 15 is 0 Å². The zero-order chi connectivity index (χ0) is 16.9. The number of nitrogens with one attached hydrogen (secondary N) is 1. The minimum Gasteiger partial charge on any atom is -0.353 e. The largest absolute Gasteiger partial charge is 0.353 e. The molecule has 0 bridgehead atoms. The van der Waals surface area contributed by atoms with Gasteiger partial charge in [0, 0.05) is 39.1 Å². The molecule has 1 aromatic rings. The first kappa shape index (κ1) is 17.6. The zero-order valence-corrected chi connectivity index (χ0v) is 14.3. The minimum atomic E-state index is -3.25. The van der Waals surface area contributed by atoms with Crippen molar-refractivity contribution in [2.75, 3.05) is 43.9 Å². The first-order valence-corrected chi connectivity index (χ1v) is 9.52. The SMILES string of the molecule is Cc1ccc(N2CCCN(C(=O)CCNS(C)(=O)=O)CC2)nn1. The van der Waals surface area contributed by atoms with E-state index < -0.39 is 10.0 Å². The summed E-state index contributed by atoms with van der Waals surface area (Å²) in [6, 6.07) is 3.86. The van der Waals surface area contributed by atoms with Crippen molar-refractivity contribution in [3.8, 4) is 0 Å². The summed E-state index contributed by atoms with van der Waals surface area (Å²) in [6.07, 6.45) is 2.11. The Balaban J connectivity index is 1.85. The van der Waals surface area contributed by atoms with Crippen molar-refractivity contribution in [3.63, 3.8) is 0 Å². The van der Waals surface area contributed by atoms with Crippen LogP contribution in [0.4, 0.5) is 5.82 Å². The zero-order valence-electron chi connectivity index (χ0n) is 13.5. The van der Waals surface area contributed by atoms with Gasteiger partial charge >= 0.3 is 0 Å². The van der Waals surface area contributed by atoms with Crippen LogP contribution < -0.4 is 9.62 Å². The van der Waals surface area contributed by atoms with Crippen LogP contribution in [0, 0.1) is 6.92 Å². The second-order valence-corrected chi connectivity index (χ2v) is 7.50. The second-order valence-electron chi connectivity index (χ2n) is 5.67. The van der Waals surface area contributed by atoms with Gasteiger partial charge in [-0.2, -0.15) is 5.10 Å². The van der Waals surface area contributed by atoms with Crippen LogP contribution in [0.25, 0.3) is 0 Å². The van der Waals surface area contributed by atoms with Gasteiger partial charge in [-0.3, -0.25) is 4.79 Å². The summed E-state index contributed by atoms with van der Waals surface area (Å²) >= 11 is 0. The molecule has 8 nitrogen and oxygen atoms in total. The van der Waals surface area contributed by atoms with Crippen LogP contribution in [-0.4, -0.2) is 68.4 Å². The van der Waals surface area contributed by atoms with Gasteiger partial charge in [-0.25, -0.2) is 13.1 Å². The van der Waals surface area contributed by atoms with Crippen LogP contribution in [-0.2, 0) is 14.8 Å². The highest BCUT2D eigenvalue weighted by molar-refractivity contribution is 7.88. The van der Waals surface area contributed by atoms with Crippen LogP contribution in [0.5, 0.6) is 0 Å². The van der Waals surface area contributed by atoms with Gasteiger partial charge in [0.1, 0.15) is 0 Å². The van der Waals surface area contributed by atoms with E-state index in [4.69, 9.17) is 0 Å². The van der Waals surface area contributed by atoms with Crippen molar-refractivity contribution in [2.45, 2.75) is 19.8 Å². The Labute approximate surface area is 136 Å². The Morgan fingerprint density at radius 1 is 1.22 bits per heavy atom. The smallest absolute Gasteiger partial charge is 0.223 e. The molecule has 1 saturated heterocycles. The summed E-state index contributed by atoms with van der Waals surface area (Å²) in [7, 11) is -3.25. The minimum absolute atomic E-state index is 0.0296. The van der Waals surface area contributed by atoms with Gasteiger partial charge in [0.25, 0.3) is 0 Å². The van der Waals surface area contributed by atoms with E-state index in [1.165, 1.54) is 0 Å². The summed E-state index contributed by atoms with van der Waals surface area (Å²) in [5, 5.41) is 8.25. The summed E-state index contributed by atoms with van der Waals surface area (Å²) in [5.74, 6) is 0.793. The monoisotopic (exact) mass is 341 g/mol. The highest BCUT2D eigenvalue weighted by Crippen LogP contribution is 2.13. The normalized spacial score (nSPS) is 16.3.